The van der Waals surface area contributed by atoms with Crippen molar-refractivity contribution in [2.75, 3.05) is 12.9 Å². The predicted octanol–water partition coefficient (Wildman–Crippen LogP) is 4.61. The number of Topliss-reactive ketones (excluding diaryl/α,β-unsaturated/α-hetero) is 1. The first-order chi connectivity index (χ1) is 13.2. The number of hydrogen-bond donors (Lipinski definition) is 1. The number of hydrogen-bond acceptors (Lipinski definition) is 6. The lowest BCUT2D eigenvalue weighted by Gasteiger charge is -2.13. The minimum absolute atomic E-state index is 0.194. The van der Waals surface area contributed by atoms with Crippen LogP contribution in [0.2, 0.25) is 5.02 Å². The van der Waals surface area contributed by atoms with Crippen molar-refractivity contribution in [1.82, 2.24) is 4.98 Å². The van der Waals surface area contributed by atoms with E-state index in [1.54, 1.807) is 39.0 Å². The molecule has 0 spiro atoms. The molecule has 0 bridgehead atoms. The molecule has 0 aliphatic heterocycles. The SMILES string of the molecule is CCOC(=O)c1c(C)[nH]c(C(=O)C(C)OC(=O)c2cc(SC)ccc2Cl)c1C. The Kier molecular flexibility index (Phi) is 7.32. The number of rotatable bonds is 7. The van der Waals surface area contributed by atoms with E-state index in [2.05, 4.69) is 4.98 Å². The van der Waals surface area contributed by atoms with E-state index in [0.29, 0.717) is 16.8 Å². The fraction of sp³-hybridized carbons (Fsp3) is 0.350. The molecule has 1 N–H and O–H groups in total. The summed E-state index contributed by atoms with van der Waals surface area (Å²) in [6.45, 7) is 6.75. The topological polar surface area (TPSA) is 85.5 Å². The molecular formula is C20H22ClNO5S. The van der Waals surface area contributed by atoms with Crippen LogP contribution in [0.25, 0.3) is 0 Å². The van der Waals surface area contributed by atoms with Crippen LogP contribution in [0.4, 0.5) is 0 Å². The first kappa shape index (κ1) is 22.0. The second-order valence-electron chi connectivity index (χ2n) is 6.10. The maximum absolute atomic E-state index is 12.8. The fourth-order valence-corrected chi connectivity index (χ4v) is 3.41. The molecule has 1 aromatic carbocycles. The summed E-state index contributed by atoms with van der Waals surface area (Å²) in [6.07, 6.45) is 0.815. The Balaban J connectivity index is 2.23. The summed E-state index contributed by atoms with van der Waals surface area (Å²) >= 11 is 7.55. The van der Waals surface area contributed by atoms with Crippen LogP contribution in [-0.4, -0.2) is 41.7 Å². The molecule has 6 nitrogen and oxygen atoms in total. The molecule has 0 aliphatic carbocycles. The van der Waals surface area contributed by atoms with Crippen LogP contribution in [0.15, 0.2) is 23.1 Å². The van der Waals surface area contributed by atoms with E-state index >= 15 is 0 Å². The predicted molar refractivity (Wildman–Crippen MR) is 109 cm³/mol. The van der Waals surface area contributed by atoms with Crippen molar-refractivity contribution in [3.63, 3.8) is 0 Å². The molecule has 1 unspecified atom stereocenters. The van der Waals surface area contributed by atoms with Crippen molar-refractivity contribution in [1.29, 1.82) is 0 Å². The van der Waals surface area contributed by atoms with Crippen LogP contribution in [-0.2, 0) is 9.47 Å². The van der Waals surface area contributed by atoms with Gasteiger partial charge in [-0.2, -0.15) is 0 Å². The number of carbonyl (C=O) groups excluding carboxylic acids is 3. The van der Waals surface area contributed by atoms with Gasteiger partial charge < -0.3 is 14.5 Å². The molecule has 0 fully saturated rings. The Bertz CT molecular complexity index is 922. The van der Waals surface area contributed by atoms with Crippen LogP contribution in [0, 0.1) is 13.8 Å². The Hall–Kier alpha value is -2.25. The molecule has 0 saturated carbocycles. The summed E-state index contributed by atoms with van der Waals surface area (Å²) in [7, 11) is 0. The normalized spacial score (nSPS) is 11.8. The van der Waals surface area contributed by atoms with Crippen LogP contribution < -0.4 is 0 Å². The number of ketones is 1. The smallest absolute Gasteiger partial charge is 0.340 e. The third-order valence-corrected chi connectivity index (χ3v) is 5.26. The molecule has 1 atom stereocenters. The summed E-state index contributed by atoms with van der Waals surface area (Å²) in [5, 5.41) is 0.249. The molecule has 1 heterocycles. The lowest BCUT2D eigenvalue weighted by molar-refractivity contribution is 0.0316. The third kappa shape index (κ3) is 4.59. The number of thioether (sulfide) groups is 1. The van der Waals surface area contributed by atoms with Crippen molar-refractivity contribution < 1.29 is 23.9 Å². The molecule has 1 aromatic heterocycles. The highest BCUT2D eigenvalue weighted by atomic mass is 35.5. The summed E-state index contributed by atoms with van der Waals surface area (Å²) in [5.74, 6) is -1.63. The molecule has 2 rings (SSSR count). The summed E-state index contributed by atoms with van der Waals surface area (Å²) in [4.78, 5) is 41.1. The number of aromatic nitrogens is 1. The van der Waals surface area contributed by atoms with Gasteiger partial charge in [-0.25, -0.2) is 9.59 Å². The number of benzene rings is 1. The number of H-pyrrole nitrogens is 1. The van der Waals surface area contributed by atoms with Gasteiger partial charge in [-0.3, -0.25) is 4.79 Å². The zero-order valence-corrected chi connectivity index (χ0v) is 17.9. The van der Waals surface area contributed by atoms with E-state index in [-0.39, 0.29) is 22.9 Å². The molecular weight excluding hydrogens is 402 g/mol. The number of nitrogens with one attached hydrogen (secondary N) is 1. The molecule has 0 aliphatic rings. The lowest BCUT2D eigenvalue weighted by Crippen LogP contribution is -2.25. The maximum atomic E-state index is 12.8. The highest BCUT2D eigenvalue weighted by Crippen LogP contribution is 2.25. The molecule has 2 aromatic rings. The molecule has 150 valence electrons. The van der Waals surface area contributed by atoms with E-state index in [4.69, 9.17) is 21.1 Å². The standard InChI is InChI=1S/C20H22ClNO5S/c1-6-26-20(25)16-10(2)17(22-11(16)3)18(23)12(4)27-19(24)14-9-13(28-5)7-8-15(14)21/h7-9,12,22H,6H2,1-5H3. The molecule has 0 amide bonds. The monoisotopic (exact) mass is 423 g/mol. The van der Waals surface area contributed by atoms with Crippen molar-refractivity contribution in [3.8, 4) is 0 Å². The third-order valence-electron chi connectivity index (χ3n) is 4.21. The number of esters is 2. The quantitative estimate of drug-likeness (QED) is 0.397. The minimum Gasteiger partial charge on any atom is -0.462 e. The van der Waals surface area contributed by atoms with Gasteiger partial charge in [0.05, 0.1) is 28.5 Å². The number of aryl methyl sites for hydroxylation is 1. The van der Waals surface area contributed by atoms with Gasteiger partial charge in [-0.15, -0.1) is 11.8 Å². The molecule has 0 radical (unpaired) electrons. The van der Waals surface area contributed by atoms with Crippen molar-refractivity contribution in [2.45, 2.75) is 38.7 Å². The number of carbonyl (C=O) groups is 3. The highest BCUT2D eigenvalue weighted by molar-refractivity contribution is 7.98. The second-order valence-corrected chi connectivity index (χ2v) is 7.39. The van der Waals surface area contributed by atoms with Gasteiger partial charge >= 0.3 is 11.9 Å². The van der Waals surface area contributed by atoms with Gasteiger partial charge in [0.1, 0.15) is 0 Å². The Labute approximate surface area is 172 Å². The summed E-state index contributed by atoms with van der Waals surface area (Å²) in [5.41, 5.74) is 1.71. The van der Waals surface area contributed by atoms with Crippen LogP contribution in [0.1, 0.15) is 56.3 Å². The van der Waals surface area contributed by atoms with E-state index < -0.39 is 23.8 Å². The zero-order chi connectivity index (χ0) is 21.0. The summed E-state index contributed by atoms with van der Waals surface area (Å²) < 4.78 is 10.4. The summed E-state index contributed by atoms with van der Waals surface area (Å²) in [6, 6.07) is 5.02. The largest absolute Gasteiger partial charge is 0.462 e. The highest BCUT2D eigenvalue weighted by Gasteiger charge is 2.28. The average molecular weight is 424 g/mol. The van der Waals surface area contributed by atoms with Gasteiger partial charge in [-0.1, -0.05) is 11.6 Å². The number of ether oxygens (including phenoxy) is 2. The van der Waals surface area contributed by atoms with Crippen LogP contribution in [0.3, 0.4) is 0 Å². The first-order valence-corrected chi connectivity index (χ1v) is 10.3. The molecule has 8 heteroatoms. The van der Waals surface area contributed by atoms with Crippen LogP contribution >= 0.6 is 23.4 Å². The van der Waals surface area contributed by atoms with Crippen molar-refractivity contribution >= 4 is 41.1 Å². The van der Waals surface area contributed by atoms with Gasteiger partial charge in [0, 0.05) is 10.6 Å². The Morgan fingerprint density at radius 2 is 1.89 bits per heavy atom. The number of aromatic amines is 1. The van der Waals surface area contributed by atoms with E-state index in [0.717, 1.165) is 4.90 Å². The fourth-order valence-electron chi connectivity index (χ4n) is 2.77. The van der Waals surface area contributed by atoms with Gasteiger partial charge in [0.25, 0.3) is 0 Å². The van der Waals surface area contributed by atoms with Gasteiger partial charge in [-0.05, 0) is 57.7 Å². The maximum Gasteiger partial charge on any atom is 0.340 e. The average Bonchev–Trinajstić information content (AvgIpc) is 2.95. The zero-order valence-electron chi connectivity index (χ0n) is 16.3. The van der Waals surface area contributed by atoms with E-state index in [9.17, 15) is 14.4 Å². The van der Waals surface area contributed by atoms with E-state index in [1.165, 1.54) is 18.7 Å². The second kappa shape index (κ2) is 9.30. The molecule has 28 heavy (non-hydrogen) atoms. The van der Waals surface area contributed by atoms with E-state index in [1.807, 2.05) is 6.26 Å². The first-order valence-electron chi connectivity index (χ1n) is 8.66. The Morgan fingerprint density at radius 1 is 1.21 bits per heavy atom. The van der Waals surface area contributed by atoms with Gasteiger partial charge in [0.15, 0.2) is 6.10 Å². The minimum atomic E-state index is -1.06. The molecule has 0 saturated heterocycles. The van der Waals surface area contributed by atoms with Gasteiger partial charge in [0.2, 0.25) is 5.78 Å². The van der Waals surface area contributed by atoms with Crippen molar-refractivity contribution in [3.05, 3.63) is 51.3 Å². The lowest BCUT2D eigenvalue weighted by atomic mass is 10.1. The Morgan fingerprint density at radius 3 is 2.50 bits per heavy atom. The number of halogens is 1. The van der Waals surface area contributed by atoms with Crippen LogP contribution in [0.5, 0.6) is 0 Å². The van der Waals surface area contributed by atoms with Crippen molar-refractivity contribution in [2.24, 2.45) is 0 Å².